The van der Waals surface area contributed by atoms with E-state index in [9.17, 15) is 110 Å². The van der Waals surface area contributed by atoms with Crippen LogP contribution in [0.1, 0.15) is 0 Å². The molecule has 0 fully saturated rings. The molecular weight excluding hydrogens is 640 g/mol. The quantitative estimate of drug-likeness (QED) is 0.127. The number of hydrogen-bond donors (Lipinski definition) is 0. The number of rotatable bonds is 11. The highest BCUT2D eigenvalue weighted by molar-refractivity contribution is 5.66. The van der Waals surface area contributed by atoms with Crippen LogP contribution in [0.5, 0.6) is 0 Å². The summed E-state index contributed by atoms with van der Waals surface area (Å²) in [6.45, 7) is 0. The van der Waals surface area contributed by atoms with Crippen molar-refractivity contribution >= 4 is 6.29 Å². The van der Waals surface area contributed by atoms with Crippen molar-refractivity contribution in [3.05, 3.63) is 11.9 Å². The average Bonchev–Trinajstić information content (AvgIpc) is 2.71. The highest BCUT2D eigenvalue weighted by Gasteiger charge is 2.99. The van der Waals surface area contributed by atoms with Crippen LogP contribution in [0.2, 0.25) is 0 Å². The third kappa shape index (κ3) is 4.34. The third-order valence-electron chi connectivity index (χ3n) is 4.42. The fourth-order valence-electron chi connectivity index (χ4n) is 2.07. The second kappa shape index (κ2) is 9.12. The first-order chi connectivity index (χ1) is 16.5. The number of carbonyl (C=O) groups excluding carboxylic acids is 1. The van der Waals surface area contributed by atoms with Crippen molar-refractivity contribution in [1.82, 2.24) is 0 Å². The van der Waals surface area contributed by atoms with Crippen molar-refractivity contribution in [2.75, 3.05) is 0 Å². The van der Waals surface area contributed by atoms with Gasteiger partial charge in [0, 0.05) is 6.08 Å². The number of carbonyl (C=O) groups is 1. The van der Waals surface area contributed by atoms with Gasteiger partial charge in [-0.05, 0) is 0 Å². The second-order valence-corrected chi connectivity index (χ2v) is 6.89. The second-order valence-electron chi connectivity index (χ2n) is 6.89. The van der Waals surface area contributed by atoms with Crippen LogP contribution in [0.4, 0.5) is 105 Å². The van der Waals surface area contributed by atoms with Gasteiger partial charge in [0.25, 0.3) is 0 Å². The minimum Gasteiger partial charge on any atom is -0.298 e. The normalized spacial score (nSPS) is 17.0. The molecule has 232 valence electrons. The summed E-state index contributed by atoms with van der Waals surface area (Å²) >= 11 is 0. The molecular formula is C14H2F24O. The Morgan fingerprint density at radius 2 is 0.564 bits per heavy atom. The minimum atomic E-state index is -9.52. The first kappa shape index (κ1) is 36.7. The standard InChI is InChI=1S/C14H2F24O/c15-3(1-2-39)4(16,17)5(18,19)6(20,21)7(22,23)8(24,25)9(26,27)10(28,29)11(30,31)12(32,33)13(34,35)14(36,37)38/h1-2H. The van der Waals surface area contributed by atoms with Gasteiger partial charge in [-0.15, -0.1) is 0 Å². The molecule has 0 heterocycles. The van der Waals surface area contributed by atoms with Crippen molar-refractivity contribution in [3.8, 4) is 0 Å². The molecule has 0 aromatic rings. The molecule has 0 radical (unpaired) electrons. The van der Waals surface area contributed by atoms with E-state index in [1.54, 1.807) is 0 Å². The number of aldehydes is 1. The lowest BCUT2D eigenvalue weighted by atomic mass is 9.85. The van der Waals surface area contributed by atoms with Crippen LogP contribution < -0.4 is 0 Å². The summed E-state index contributed by atoms with van der Waals surface area (Å²) in [6.07, 6.45) is -11.0. The zero-order valence-electron chi connectivity index (χ0n) is 16.6. The van der Waals surface area contributed by atoms with Gasteiger partial charge < -0.3 is 0 Å². The Hall–Kier alpha value is -2.27. The summed E-state index contributed by atoms with van der Waals surface area (Å²) < 4.78 is 314. The molecule has 0 aliphatic carbocycles. The lowest BCUT2D eigenvalue weighted by molar-refractivity contribution is -0.478. The van der Waals surface area contributed by atoms with Crippen LogP contribution in [-0.2, 0) is 4.79 Å². The molecule has 0 saturated carbocycles. The highest BCUT2D eigenvalue weighted by atomic mass is 19.4. The lowest BCUT2D eigenvalue weighted by Gasteiger charge is -2.45. The summed E-state index contributed by atoms with van der Waals surface area (Å²) in [7, 11) is 0. The largest absolute Gasteiger partial charge is 0.460 e. The van der Waals surface area contributed by atoms with E-state index in [1.165, 1.54) is 0 Å². The summed E-state index contributed by atoms with van der Waals surface area (Å²) in [4.78, 5) is 9.76. The van der Waals surface area contributed by atoms with E-state index in [0.717, 1.165) is 0 Å². The summed E-state index contributed by atoms with van der Waals surface area (Å²) in [6, 6.07) is 0. The first-order valence-electron chi connectivity index (χ1n) is 8.14. The predicted molar refractivity (Wildman–Crippen MR) is 70.8 cm³/mol. The van der Waals surface area contributed by atoms with Gasteiger partial charge in [0.15, 0.2) is 5.83 Å². The monoisotopic (exact) mass is 642 g/mol. The fraction of sp³-hybridized carbons (Fsp3) is 0.786. The molecule has 0 saturated heterocycles. The van der Waals surface area contributed by atoms with Gasteiger partial charge in [-0.3, -0.25) is 4.79 Å². The van der Waals surface area contributed by atoms with Crippen molar-refractivity contribution < 1.29 is 110 Å². The molecule has 0 unspecified atom stereocenters. The Labute approximate surface area is 195 Å². The molecule has 0 spiro atoms. The van der Waals surface area contributed by atoms with Crippen LogP contribution in [0, 0.1) is 0 Å². The molecule has 0 rings (SSSR count). The topological polar surface area (TPSA) is 17.1 Å². The zero-order valence-corrected chi connectivity index (χ0v) is 16.6. The van der Waals surface area contributed by atoms with Crippen molar-refractivity contribution in [3.63, 3.8) is 0 Å². The molecule has 0 aromatic heterocycles. The fourth-order valence-corrected chi connectivity index (χ4v) is 2.07. The third-order valence-corrected chi connectivity index (χ3v) is 4.42. The van der Waals surface area contributed by atoms with Crippen LogP contribution >= 0.6 is 0 Å². The predicted octanol–water partition coefficient (Wildman–Crippen LogP) is 7.95. The van der Waals surface area contributed by atoms with Crippen LogP contribution in [-0.4, -0.2) is 71.7 Å². The average molecular weight is 642 g/mol. The van der Waals surface area contributed by atoms with Crippen molar-refractivity contribution in [1.29, 1.82) is 0 Å². The number of halogens is 24. The maximum absolute atomic E-state index is 13.5. The van der Waals surface area contributed by atoms with Crippen LogP contribution in [0.25, 0.3) is 0 Å². The Bertz CT molecular complexity index is 950. The Morgan fingerprint density at radius 3 is 0.769 bits per heavy atom. The van der Waals surface area contributed by atoms with Crippen molar-refractivity contribution in [2.24, 2.45) is 0 Å². The van der Waals surface area contributed by atoms with Gasteiger partial charge in [0.2, 0.25) is 0 Å². The maximum atomic E-state index is 13.5. The van der Waals surface area contributed by atoms with E-state index in [1.807, 2.05) is 0 Å². The summed E-state index contributed by atoms with van der Waals surface area (Å²) in [5.41, 5.74) is 0. The lowest BCUT2D eigenvalue weighted by Crippen LogP contribution is -2.77. The minimum absolute atomic E-state index is 1.34. The Morgan fingerprint density at radius 1 is 0.359 bits per heavy atom. The molecule has 0 aromatic carbocycles. The smallest absolute Gasteiger partial charge is 0.298 e. The first-order valence-corrected chi connectivity index (χ1v) is 8.14. The van der Waals surface area contributed by atoms with Crippen LogP contribution in [0.15, 0.2) is 11.9 Å². The molecule has 0 N–H and O–H groups in total. The van der Waals surface area contributed by atoms with E-state index >= 15 is 0 Å². The van der Waals surface area contributed by atoms with Gasteiger partial charge in [0.05, 0.1) is 0 Å². The summed E-state index contributed by atoms with van der Waals surface area (Å²) in [5, 5.41) is 0. The molecule has 0 aliphatic heterocycles. The van der Waals surface area contributed by atoms with Gasteiger partial charge in [0.1, 0.15) is 6.29 Å². The zero-order chi connectivity index (χ0) is 32.5. The SMILES string of the molecule is O=CC=C(F)C(F)(F)C(F)(F)C(F)(F)C(F)(F)C(F)(F)C(F)(F)C(F)(F)C(F)(F)C(F)(F)C(F)(F)C(F)(F)F. The van der Waals surface area contributed by atoms with Gasteiger partial charge in [-0.2, -0.15) is 101 Å². The molecule has 0 atom stereocenters. The molecule has 39 heavy (non-hydrogen) atoms. The number of alkyl halides is 23. The van der Waals surface area contributed by atoms with E-state index in [0.29, 0.717) is 0 Å². The van der Waals surface area contributed by atoms with E-state index < -0.39 is 83.6 Å². The van der Waals surface area contributed by atoms with Gasteiger partial charge >= 0.3 is 65.4 Å². The van der Waals surface area contributed by atoms with Crippen molar-refractivity contribution in [2.45, 2.75) is 65.4 Å². The van der Waals surface area contributed by atoms with E-state index in [2.05, 4.69) is 0 Å². The Balaban J connectivity index is 7.30. The van der Waals surface area contributed by atoms with Gasteiger partial charge in [-0.25, -0.2) is 4.39 Å². The molecule has 25 heteroatoms. The Kier molecular flexibility index (Phi) is 8.59. The number of allylic oxidation sites excluding steroid dienone is 2. The number of hydrogen-bond acceptors (Lipinski definition) is 1. The molecule has 0 bridgehead atoms. The molecule has 0 amide bonds. The molecule has 1 nitrogen and oxygen atoms in total. The highest BCUT2D eigenvalue weighted by Crippen LogP contribution is 2.67. The van der Waals surface area contributed by atoms with Crippen LogP contribution in [0.3, 0.4) is 0 Å². The maximum Gasteiger partial charge on any atom is 0.460 e. The van der Waals surface area contributed by atoms with E-state index in [4.69, 9.17) is 0 Å². The van der Waals surface area contributed by atoms with E-state index in [-0.39, 0.29) is 0 Å². The summed E-state index contributed by atoms with van der Waals surface area (Å²) in [5.74, 6) is -94.3. The molecule has 0 aliphatic rings. The van der Waals surface area contributed by atoms with Gasteiger partial charge in [-0.1, -0.05) is 0 Å².